The van der Waals surface area contributed by atoms with Gasteiger partial charge in [0.1, 0.15) is 5.76 Å². The predicted octanol–water partition coefficient (Wildman–Crippen LogP) is 5.93. The molecule has 1 aliphatic rings. The second-order valence-electron chi connectivity index (χ2n) is 7.33. The number of rotatable bonds is 4. The summed E-state index contributed by atoms with van der Waals surface area (Å²) in [5, 5.41) is 11.5. The van der Waals surface area contributed by atoms with Crippen LogP contribution in [0.2, 0.25) is 5.02 Å². The van der Waals surface area contributed by atoms with E-state index in [1.165, 1.54) is 11.8 Å². The number of carbonyl (C=O) groups excluding carboxylic acids is 3. The number of nitrogens with zero attached hydrogens (tertiary/aromatic N) is 1. The number of hydrogen-bond acceptors (Lipinski definition) is 4. The summed E-state index contributed by atoms with van der Waals surface area (Å²) < 4.78 is 0.835. The van der Waals surface area contributed by atoms with Crippen LogP contribution >= 0.6 is 27.5 Å². The molecular formula is C25H17BrClNO4. The Bertz CT molecular complexity index is 1250. The van der Waals surface area contributed by atoms with E-state index in [9.17, 15) is 19.5 Å². The maximum absolute atomic E-state index is 13.1. The van der Waals surface area contributed by atoms with Gasteiger partial charge in [-0.2, -0.15) is 0 Å². The monoisotopic (exact) mass is 509 g/mol. The molecule has 0 spiro atoms. The van der Waals surface area contributed by atoms with Crippen molar-refractivity contribution < 1.29 is 19.5 Å². The minimum absolute atomic E-state index is 0.0183. The smallest absolute Gasteiger partial charge is 0.300 e. The van der Waals surface area contributed by atoms with Gasteiger partial charge in [-0.3, -0.25) is 19.3 Å². The maximum Gasteiger partial charge on any atom is 0.300 e. The van der Waals surface area contributed by atoms with E-state index in [-0.39, 0.29) is 17.1 Å². The van der Waals surface area contributed by atoms with Crippen molar-refractivity contribution in [2.24, 2.45) is 0 Å². The van der Waals surface area contributed by atoms with Gasteiger partial charge in [-0.15, -0.1) is 0 Å². The third-order valence-corrected chi connectivity index (χ3v) is 6.08. The molecule has 7 heteroatoms. The van der Waals surface area contributed by atoms with Crippen molar-refractivity contribution in [2.75, 3.05) is 4.90 Å². The van der Waals surface area contributed by atoms with E-state index in [1.54, 1.807) is 72.8 Å². The first-order valence-corrected chi connectivity index (χ1v) is 10.9. The zero-order chi connectivity index (χ0) is 23.0. The number of ketones is 2. The number of benzene rings is 3. The molecule has 32 heavy (non-hydrogen) atoms. The molecule has 4 rings (SSSR count). The van der Waals surface area contributed by atoms with Crippen LogP contribution in [0.3, 0.4) is 0 Å². The fraction of sp³-hybridized carbons (Fsp3) is 0.0800. The Labute approximate surface area is 198 Å². The Morgan fingerprint density at radius 1 is 0.906 bits per heavy atom. The maximum atomic E-state index is 13.1. The quantitative estimate of drug-likeness (QED) is 0.204. The van der Waals surface area contributed by atoms with E-state index in [1.807, 2.05) is 0 Å². The summed E-state index contributed by atoms with van der Waals surface area (Å²) in [5.41, 5.74) is 1.95. The summed E-state index contributed by atoms with van der Waals surface area (Å²) in [4.78, 5) is 39.2. The summed E-state index contributed by atoms with van der Waals surface area (Å²) in [6, 6.07) is 19.2. The fourth-order valence-corrected chi connectivity index (χ4v) is 4.07. The largest absolute Gasteiger partial charge is 0.507 e. The number of aliphatic hydroxyl groups excluding tert-OH is 1. The molecule has 1 aliphatic heterocycles. The lowest BCUT2D eigenvalue weighted by atomic mass is 9.95. The molecule has 1 amide bonds. The van der Waals surface area contributed by atoms with Crippen molar-refractivity contribution in [2.45, 2.75) is 13.0 Å². The highest BCUT2D eigenvalue weighted by molar-refractivity contribution is 9.10. The number of hydrogen-bond donors (Lipinski definition) is 1. The van der Waals surface area contributed by atoms with Crippen LogP contribution in [0.15, 0.2) is 82.8 Å². The van der Waals surface area contributed by atoms with Gasteiger partial charge in [-0.25, -0.2) is 0 Å². The molecule has 0 radical (unpaired) electrons. The first kappa shape index (κ1) is 22.0. The number of aliphatic hydroxyl groups is 1. The lowest BCUT2D eigenvalue weighted by Crippen LogP contribution is -2.29. The average Bonchev–Trinajstić information content (AvgIpc) is 3.05. The zero-order valence-electron chi connectivity index (χ0n) is 16.9. The molecule has 0 bridgehead atoms. The van der Waals surface area contributed by atoms with E-state index in [0.717, 1.165) is 4.47 Å². The molecule has 3 aromatic carbocycles. The van der Waals surface area contributed by atoms with Gasteiger partial charge in [-0.05, 0) is 73.2 Å². The third-order valence-electron chi connectivity index (χ3n) is 5.30. The van der Waals surface area contributed by atoms with Crippen molar-refractivity contribution in [3.8, 4) is 0 Å². The van der Waals surface area contributed by atoms with Crippen molar-refractivity contribution in [3.05, 3.63) is 105 Å². The predicted molar refractivity (Wildman–Crippen MR) is 127 cm³/mol. The van der Waals surface area contributed by atoms with E-state index in [2.05, 4.69) is 15.9 Å². The Morgan fingerprint density at radius 3 is 2.03 bits per heavy atom. The summed E-state index contributed by atoms with van der Waals surface area (Å²) in [6.07, 6.45) is 0. The Balaban J connectivity index is 1.91. The summed E-state index contributed by atoms with van der Waals surface area (Å²) in [6.45, 7) is 1.45. The van der Waals surface area contributed by atoms with Crippen LogP contribution in [-0.2, 0) is 9.59 Å². The van der Waals surface area contributed by atoms with Crippen LogP contribution < -0.4 is 4.90 Å². The molecule has 1 atom stereocenters. The number of Topliss-reactive ketones (excluding diaryl/α,β-unsaturated/α-hetero) is 2. The lowest BCUT2D eigenvalue weighted by molar-refractivity contribution is -0.132. The normalized spacial score (nSPS) is 17.6. The first-order valence-electron chi connectivity index (χ1n) is 9.71. The number of halogens is 2. The Hall–Kier alpha value is -3.22. The zero-order valence-corrected chi connectivity index (χ0v) is 19.2. The second-order valence-corrected chi connectivity index (χ2v) is 8.68. The van der Waals surface area contributed by atoms with Crippen LogP contribution in [0.4, 0.5) is 5.69 Å². The molecular weight excluding hydrogens is 494 g/mol. The van der Waals surface area contributed by atoms with E-state index < -0.39 is 17.7 Å². The minimum atomic E-state index is -0.845. The number of carbonyl (C=O) groups is 3. The van der Waals surface area contributed by atoms with Gasteiger partial charge in [0.05, 0.1) is 11.6 Å². The van der Waals surface area contributed by atoms with Gasteiger partial charge in [0, 0.05) is 26.3 Å². The SMILES string of the molecule is CC(=O)c1ccc(N2C(=O)C(=O)C(=C(O)c3ccc(Cl)cc3)[C@@H]2c2ccc(Br)cc2)cc1. The van der Waals surface area contributed by atoms with Crippen LogP contribution in [0, 0.1) is 0 Å². The lowest BCUT2D eigenvalue weighted by Gasteiger charge is -2.25. The molecule has 160 valence electrons. The van der Waals surface area contributed by atoms with Crippen LogP contribution in [0.25, 0.3) is 5.76 Å². The number of amides is 1. The van der Waals surface area contributed by atoms with Gasteiger partial charge < -0.3 is 5.11 Å². The molecule has 0 saturated carbocycles. The molecule has 0 aromatic heterocycles. The molecule has 1 heterocycles. The average molecular weight is 511 g/mol. The van der Waals surface area contributed by atoms with Gasteiger partial charge >= 0.3 is 0 Å². The molecule has 1 saturated heterocycles. The molecule has 3 aromatic rings. The highest BCUT2D eigenvalue weighted by atomic mass is 79.9. The van der Waals surface area contributed by atoms with Crippen molar-refractivity contribution >= 4 is 56.5 Å². The van der Waals surface area contributed by atoms with Crippen LogP contribution in [0.5, 0.6) is 0 Å². The standard InChI is InChI=1S/C25H17BrClNO4/c1-14(29)15-6-12-20(13-7-15)28-22(16-2-8-18(26)9-3-16)21(24(31)25(28)32)23(30)17-4-10-19(27)11-5-17/h2-13,22,30H,1H3/t22-/m0/s1. The topological polar surface area (TPSA) is 74.7 Å². The summed E-state index contributed by atoms with van der Waals surface area (Å²) >= 11 is 9.34. The first-order chi connectivity index (χ1) is 15.3. The molecule has 0 aliphatic carbocycles. The molecule has 1 fully saturated rings. The molecule has 5 nitrogen and oxygen atoms in total. The summed E-state index contributed by atoms with van der Waals surface area (Å²) in [5.74, 6) is -1.94. The van der Waals surface area contributed by atoms with E-state index >= 15 is 0 Å². The second kappa shape index (κ2) is 8.73. The summed E-state index contributed by atoms with van der Waals surface area (Å²) in [7, 11) is 0. The van der Waals surface area contributed by atoms with E-state index in [0.29, 0.717) is 27.4 Å². The van der Waals surface area contributed by atoms with Crippen LogP contribution in [-0.4, -0.2) is 22.6 Å². The van der Waals surface area contributed by atoms with Crippen LogP contribution in [0.1, 0.15) is 34.5 Å². The fourth-order valence-electron chi connectivity index (χ4n) is 3.68. The van der Waals surface area contributed by atoms with Crippen molar-refractivity contribution in [1.29, 1.82) is 0 Å². The highest BCUT2D eigenvalue weighted by Gasteiger charge is 2.46. The van der Waals surface area contributed by atoms with Crippen molar-refractivity contribution in [1.82, 2.24) is 0 Å². The highest BCUT2D eigenvalue weighted by Crippen LogP contribution is 2.42. The van der Waals surface area contributed by atoms with Crippen molar-refractivity contribution in [3.63, 3.8) is 0 Å². The molecule has 0 unspecified atom stereocenters. The minimum Gasteiger partial charge on any atom is -0.507 e. The number of anilines is 1. The van der Waals surface area contributed by atoms with Gasteiger partial charge in [0.2, 0.25) is 0 Å². The third kappa shape index (κ3) is 3.99. The Morgan fingerprint density at radius 2 is 1.47 bits per heavy atom. The Kier molecular flexibility index (Phi) is 6.00. The van der Waals surface area contributed by atoms with E-state index in [4.69, 9.17) is 11.6 Å². The van der Waals surface area contributed by atoms with Gasteiger partial charge in [0.25, 0.3) is 11.7 Å². The molecule has 1 N–H and O–H groups in total. The van der Waals surface area contributed by atoms with Gasteiger partial charge in [-0.1, -0.05) is 39.7 Å². The van der Waals surface area contributed by atoms with Gasteiger partial charge in [0.15, 0.2) is 5.78 Å².